The number of nitrogens with zero attached hydrogens (tertiary/aromatic N) is 3. The van der Waals surface area contributed by atoms with E-state index >= 15 is 0 Å². The number of anilines is 1. The number of aromatic amines is 1. The molecule has 0 bridgehead atoms. The van der Waals surface area contributed by atoms with Gasteiger partial charge in [-0.3, -0.25) is 5.10 Å². The van der Waals surface area contributed by atoms with Gasteiger partial charge in [0.2, 0.25) is 5.95 Å². The first kappa shape index (κ1) is 12.0. The zero-order valence-corrected chi connectivity index (χ0v) is 11.3. The molecule has 3 N–H and O–H groups in total. The van der Waals surface area contributed by atoms with Crippen molar-refractivity contribution in [3.05, 3.63) is 5.82 Å². The molecule has 1 saturated carbocycles. The Bertz CT molecular complexity index is 417. The van der Waals surface area contributed by atoms with Crippen molar-refractivity contribution in [3.63, 3.8) is 0 Å². The molecule has 1 atom stereocenters. The first-order valence-electron chi connectivity index (χ1n) is 6.97. The molecule has 2 heterocycles. The summed E-state index contributed by atoms with van der Waals surface area (Å²) in [4.78, 5) is 6.95. The fourth-order valence-corrected chi connectivity index (χ4v) is 2.86. The Hall–Kier alpha value is -1.10. The van der Waals surface area contributed by atoms with Gasteiger partial charge < -0.3 is 10.6 Å². The number of aromatic nitrogens is 3. The van der Waals surface area contributed by atoms with Gasteiger partial charge in [0.15, 0.2) is 0 Å². The van der Waals surface area contributed by atoms with E-state index < -0.39 is 0 Å². The van der Waals surface area contributed by atoms with Crippen LogP contribution in [0.3, 0.4) is 0 Å². The molecule has 1 unspecified atom stereocenters. The van der Waals surface area contributed by atoms with E-state index in [-0.39, 0.29) is 0 Å². The van der Waals surface area contributed by atoms with Crippen molar-refractivity contribution in [2.75, 3.05) is 24.5 Å². The summed E-state index contributed by atoms with van der Waals surface area (Å²) in [6, 6.07) is 0. The molecule has 0 amide bonds. The van der Waals surface area contributed by atoms with Gasteiger partial charge in [-0.1, -0.05) is 13.8 Å². The molecule has 5 heteroatoms. The maximum atomic E-state index is 5.71. The molecule has 1 aliphatic carbocycles. The second-order valence-electron chi connectivity index (χ2n) is 6.43. The largest absolute Gasteiger partial charge is 0.340 e. The van der Waals surface area contributed by atoms with Crippen molar-refractivity contribution < 1.29 is 0 Å². The number of piperidine rings is 1. The highest BCUT2D eigenvalue weighted by atomic mass is 15.4. The standard InChI is InChI=1S/C13H23N5/c1-13(2)7-10(13)11-15-12(17-16-11)18-5-3-9(8-14)4-6-18/h9-10H,3-8,14H2,1-2H3,(H,15,16,17). The lowest BCUT2D eigenvalue weighted by Gasteiger charge is -2.30. The fraction of sp³-hybridized carbons (Fsp3) is 0.846. The van der Waals surface area contributed by atoms with Gasteiger partial charge in [-0.2, -0.15) is 4.98 Å². The first-order chi connectivity index (χ1) is 8.60. The zero-order chi connectivity index (χ0) is 12.8. The highest BCUT2D eigenvalue weighted by Crippen LogP contribution is 2.57. The molecule has 1 aliphatic heterocycles. The van der Waals surface area contributed by atoms with E-state index in [1.807, 2.05) is 0 Å². The highest BCUT2D eigenvalue weighted by Gasteiger charge is 2.48. The molecule has 5 nitrogen and oxygen atoms in total. The number of rotatable bonds is 3. The molecule has 0 radical (unpaired) electrons. The molecule has 2 fully saturated rings. The zero-order valence-electron chi connectivity index (χ0n) is 11.3. The Morgan fingerprint density at radius 2 is 2.06 bits per heavy atom. The summed E-state index contributed by atoms with van der Waals surface area (Å²) in [6.07, 6.45) is 3.54. The lowest BCUT2D eigenvalue weighted by Crippen LogP contribution is -2.36. The lowest BCUT2D eigenvalue weighted by atomic mass is 9.97. The van der Waals surface area contributed by atoms with Crippen molar-refractivity contribution in [1.29, 1.82) is 0 Å². The molecule has 100 valence electrons. The van der Waals surface area contributed by atoms with Gasteiger partial charge in [0, 0.05) is 19.0 Å². The van der Waals surface area contributed by atoms with Crippen LogP contribution < -0.4 is 10.6 Å². The van der Waals surface area contributed by atoms with Gasteiger partial charge in [0.25, 0.3) is 0 Å². The average molecular weight is 249 g/mol. The third kappa shape index (κ3) is 2.11. The van der Waals surface area contributed by atoms with Crippen LogP contribution in [0.5, 0.6) is 0 Å². The van der Waals surface area contributed by atoms with Gasteiger partial charge >= 0.3 is 0 Å². The number of hydrogen-bond acceptors (Lipinski definition) is 4. The Kier molecular flexibility index (Phi) is 2.81. The van der Waals surface area contributed by atoms with E-state index in [2.05, 4.69) is 33.9 Å². The Balaban J connectivity index is 1.64. The van der Waals surface area contributed by atoms with Crippen molar-refractivity contribution in [3.8, 4) is 0 Å². The Morgan fingerprint density at radius 3 is 2.61 bits per heavy atom. The summed E-state index contributed by atoms with van der Waals surface area (Å²) in [5, 5.41) is 7.49. The topological polar surface area (TPSA) is 70.8 Å². The van der Waals surface area contributed by atoms with E-state index in [1.54, 1.807) is 0 Å². The summed E-state index contributed by atoms with van der Waals surface area (Å²) in [5.41, 5.74) is 6.12. The van der Waals surface area contributed by atoms with E-state index in [0.29, 0.717) is 17.3 Å². The average Bonchev–Trinajstić information content (AvgIpc) is 2.80. The van der Waals surface area contributed by atoms with Crippen molar-refractivity contribution >= 4 is 5.95 Å². The smallest absolute Gasteiger partial charge is 0.244 e. The number of H-pyrrole nitrogens is 1. The van der Waals surface area contributed by atoms with Crippen LogP contribution in [-0.4, -0.2) is 34.8 Å². The van der Waals surface area contributed by atoms with E-state index in [1.165, 1.54) is 6.42 Å². The van der Waals surface area contributed by atoms with Crippen LogP contribution in [0, 0.1) is 11.3 Å². The maximum absolute atomic E-state index is 5.71. The second-order valence-corrected chi connectivity index (χ2v) is 6.43. The monoisotopic (exact) mass is 249 g/mol. The minimum atomic E-state index is 0.406. The molecule has 1 saturated heterocycles. The summed E-state index contributed by atoms with van der Waals surface area (Å²) in [7, 11) is 0. The van der Waals surface area contributed by atoms with Gasteiger partial charge in [-0.25, -0.2) is 0 Å². The van der Waals surface area contributed by atoms with Crippen LogP contribution in [0.25, 0.3) is 0 Å². The molecular formula is C13H23N5. The summed E-state index contributed by atoms with van der Waals surface area (Å²) < 4.78 is 0. The normalized spacial score (nSPS) is 27.5. The molecule has 0 spiro atoms. The summed E-state index contributed by atoms with van der Waals surface area (Å²) in [5.74, 6) is 3.20. The molecule has 0 aromatic carbocycles. The van der Waals surface area contributed by atoms with Crippen LogP contribution in [0.4, 0.5) is 5.95 Å². The number of nitrogens with one attached hydrogen (secondary N) is 1. The van der Waals surface area contributed by atoms with E-state index in [4.69, 9.17) is 5.73 Å². The molecular weight excluding hydrogens is 226 g/mol. The van der Waals surface area contributed by atoms with Crippen LogP contribution in [0.1, 0.15) is 44.9 Å². The van der Waals surface area contributed by atoms with Crippen LogP contribution in [-0.2, 0) is 0 Å². The molecule has 18 heavy (non-hydrogen) atoms. The summed E-state index contributed by atoms with van der Waals surface area (Å²) in [6.45, 7) is 7.45. The second kappa shape index (κ2) is 4.23. The predicted molar refractivity (Wildman–Crippen MR) is 71.5 cm³/mol. The van der Waals surface area contributed by atoms with Crippen LogP contribution in [0.15, 0.2) is 0 Å². The molecule has 1 aromatic heterocycles. The SMILES string of the molecule is CC1(C)CC1c1nc(N2CCC(CN)CC2)n[nH]1. The quantitative estimate of drug-likeness (QED) is 0.851. The van der Waals surface area contributed by atoms with Crippen molar-refractivity contribution in [2.24, 2.45) is 17.1 Å². The predicted octanol–water partition coefficient (Wildman–Crippen LogP) is 1.49. The summed E-state index contributed by atoms with van der Waals surface area (Å²) >= 11 is 0. The van der Waals surface area contributed by atoms with Gasteiger partial charge in [0.1, 0.15) is 5.82 Å². The van der Waals surface area contributed by atoms with Crippen LogP contribution in [0.2, 0.25) is 0 Å². The van der Waals surface area contributed by atoms with E-state index in [0.717, 1.165) is 44.2 Å². The third-order valence-corrected chi connectivity index (χ3v) is 4.57. The number of hydrogen-bond donors (Lipinski definition) is 2. The van der Waals surface area contributed by atoms with Gasteiger partial charge in [0.05, 0.1) is 0 Å². The molecule has 2 aliphatic rings. The maximum Gasteiger partial charge on any atom is 0.244 e. The third-order valence-electron chi connectivity index (χ3n) is 4.57. The van der Waals surface area contributed by atoms with Crippen molar-refractivity contribution in [1.82, 2.24) is 15.2 Å². The van der Waals surface area contributed by atoms with Crippen LogP contribution >= 0.6 is 0 Å². The minimum absolute atomic E-state index is 0.406. The molecule has 1 aromatic rings. The number of nitrogens with two attached hydrogens (primary N) is 1. The highest BCUT2D eigenvalue weighted by molar-refractivity contribution is 5.31. The van der Waals surface area contributed by atoms with Crippen molar-refractivity contribution in [2.45, 2.75) is 39.0 Å². The Morgan fingerprint density at radius 1 is 1.39 bits per heavy atom. The first-order valence-corrected chi connectivity index (χ1v) is 6.97. The molecule has 3 rings (SSSR count). The van der Waals surface area contributed by atoms with E-state index in [9.17, 15) is 0 Å². The minimum Gasteiger partial charge on any atom is -0.340 e. The lowest BCUT2D eigenvalue weighted by molar-refractivity contribution is 0.411. The van der Waals surface area contributed by atoms with Gasteiger partial charge in [-0.05, 0) is 37.1 Å². The van der Waals surface area contributed by atoms with Gasteiger partial charge in [-0.15, -0.1) is 5.10 Å². The fourth-order valence-electron chi connectivity index (χ4n) is 2.86. The Labute approximate surface area is 108 Å².